The molecule has 1 heterocycles. The second-order valence-electron chi connectivity index (χ2n) is 5.03. The minimum Gasteiger partial charge on any atom is -0.357 e. The molecule has 1 aromatic carbocycles. The molecule has 0 saturated carbocycles. The standard InChI is InChI=1S/C17H22N4O/c1-5-21(6-2)16-12-15(18-13(3)19-16)17(22)20(4)14-10-8-7-9-11-14/h7-12H,5-6H2,1-4H3. The Balaban J connectivity index is 2.33. The Kier molecular flexibility index (Phi) is 5.09. The van der Waals surface area contributed by atoms with Gasteiger partial charge in [-0.2, -0.15) is 0 Å². The van der Waals surface area contributed by atoms with Crippen molar-refractivity contribution in [1.29, 1.82) is 0 Å². The van der Waals surface area contributed by atoms with Crippen molar-refractivity contribution < 1.29 is 4.79 Å². The zero-order valence-electron chi connectivity index (χ0n) is 13.6. The summed E-state index contributed by atoms with van der Waals surface area (Å²) in [6.45, 7) is 7.63. The zero-order valence-corrected chi connectivity index (χ0v) is 13.6. The first kappa shape index (κ1) is 15.9. The van der Waals surface area contributed by atoms with Gasteiger partial charge in [-0.05, 0) is 32.9 Å². The number of para-hydroxylation sites is 1. The predicted octanol–water partition coefficient (Wildman–Crippen LogP) is 2.91. The molecule has 0 spiro atoms. The number of aryl methyl sites for hydroxylation is 1. The quantitative estimate of drug-likeness (QED) is 0.851. The van der Waals surface area contributed by atoms with Gasteiger partial charge in [0.05, 0.1) is 0 Å². The van der Waals surface area contributed by atoms with Gasteiger partial charge >= 0.3 is 0 Å². The topological polar surface area (TPSA) is 49.3 Å². The van der Waals surface area contributed by atoms with Crippen LogP contribution in [0.3, 0.4) is 0 Å². The molecule has 0 aliphatic heterocycles. The van der Waals surface area contributed by atoms with Gasteiger partial charge in [-0.25, -0.2) is 9.97 Å². The van der Waals surface area contributed by atoms with Crippen molar-refractivity contribution >= 4 is 17.4 Å². The average molecular weight is 298 g/mol. The van der Waals surface area contributed by atoms with Crippen LogP contribution >= 0.6 is 0 Å². The maximum absolute atomic E-state index is 12.7. The van der Waals surface area contributed by atoms with E-state index in [9.17, 15) is 4.79 Å². The van der Waals surface area contributed by atoms with Gasteiger partial charge in [0.25, 0.3) is 5.91 Å². The molecular formula is C17H22N4O. The van der Waals surface area contributed by atoms with Gasteiger partial charge in [-0.15, -0.1) is 0 Å². The number of carbonyl (C=O) groups is 1. The Morgan fingerprint density at radius 1 is 1.09 bits per heavy atom. The van der Waals surface area contributed by atoms with Gasteiger partial charge in [0.1, 0.15) is 17.3 Å². The van der Waals surface area contributed by atoms with E-state index in [2.05, 4.69) is 28.7 Å². The summed E-state index contributed by atoms with van der Waals surface area (Å²) in [5.41, 5.74) is 1.26. The number of hydrogen-bond donors (Lipinski definition) is 0. The fourth-order valence-corrected chi connectivity index (χ4v) is 2.31. The molecule has 0 aliphatic rings. The van der Waals surface area contributed by atoms with Crippen molar-refractivity contribution in [3.05, 3.63) is 47.9 Å². The van der Waals surface area contributed by atoms with Crippen LogP contribution in [0.15, 0.2) is 36.4 Å². The maximum Gasteiger partial charge on any atom is 0.276 e. The summed E-state index contributed by atoms with van der Waals surface area (Å²) in [5, 5.41) is 0. The molecule has 0 aliphatic carbocycles. The molecule has 1 amide bonds. The van der Waals surface area contributed by atoms with Crippen LogP contribution in [0.5, 0.6) is 0 Å². The lowest BCUT2D eigenvalue weighted by atomic mass is 10.2. The number of hydrogen-bond acceptors (Lipinski definition) is 4. The first-order valence-corrected chi connectivity index (χ1v) is 7.50. The molecule has 0 bridgehead atoms. The molecule has 5 heteroatoms. The van der Waals surface area contributed by atoms with Gasteiger partial charge in [-0.3, -0.25) is 4.79 Å². The highest BCUT2D eigenvalue weighted by atomic mass is 16.2. The highest BCUT2D eigenvalue weighted by molar-refractivity contribution is 6.04. The summed E-state index contributed by atoms with van der Waals surface area (Å²) in [5.74, 6) is 1.27. The minimum atomic E-state index is -0.134. The van der Waals surface area contributed by atoms with Crippen LogP contribution in [0.25, 0.3) is 0 Å². The van der Waals surface area contributed by atoms with Gasteiger partial charge in [0.2, 0.25) is 0 Å². The normalized spacial score (nSPS) is 10.4. The Labute approximate surface area is 131 Å². The van der Waals surface area contributed by atoms with Gasteiger partial charge < -0.3 is 9.80 Å². The minimum absolute atomic E-state index is 0.134. The van der Waals surface area contributed by atoms with Crippen LogP contribution in [-0.2, 0) is 0 Å². The Hall–Kier alpha value is -2.43. The molecule has 5 nitrogen and oxygen atoms in total. The fraction of sp³-hybridized carbons (Fsp3) is 0.353. The van der Waals surface area contributed by atoms with E-state index in [1.807, 2.05) is 37.3 Å². The summed E-state index contributed by atoms with van der Waals surface area (Å²) < 4.78 is 0. The van der Waals surface area contributed by atoms with Crippen LogP contribution < -0.4 is 9.80 Å². The summed E-state index contributed by atoms with van der Waals surface area (Å²) >= 11 is 0. The van der Waals surface area contributed by atoms with E-state index in [0.29, 0.717) is 11.5 Å². The molecule has 0 N–H and O–H groups in total. The van der Waals surface area contributed by atoms with Crippen molar-refractivity contribution in [3.8, 4) is 0 Å². The Morgan fingerprint density at radius 3 is 2.32 bits per heavy atom. The Bertz CT molecular complexity index is 638. The Morgan fingerprint density at radius 2 is 1.73 bits per heavy atom. The molecule has 0 saturated heterocycles. The van der Waals surface area contributed by atoms with Crippen LogP contribution in [0.1, 0.15) is 30.2 Å². The van der Waals surface area contributed by atoms with E-state index in [1.54, 1.807) is 18.0 Å². The molecular weight excluding hydrogens is 276 g/mol. The molecule has 0 atom stereocenters. The highest BCUT2D eigenvalue weighted by Gasteiger charge is 2.17. The van der Waals surface area contributed by atoms with Crippen LogP contribution in [-0.4, -0.2) is 36.0 Å². The number of amides is 1. The van der Waals surface area contributed by atoms with Crippen LogP contribution in [0, 0.1) is 6.92 Å². The number of benzene rings is 1. The first-order chi connectivity index (χ1) is 10.6. The highest BCUT2D eigenvalue weighted by Crippen LogP contribution is 2.17. The summed E-state index contributed by atoms with van der Waals surface area (Å²) in [7, 11) is 1.76. The van der Waals surface area contributed by atoms with Gasteiger partial charge in [0, 0.05) is 31.9 Å². The van der Waals surface area contributed by atoms with Crippen molar-refractivity contribution in [2.75, 3.05) is 29.9 Å². The third kappa shape index (κ3) is 3.42. The molecule has 0 unspecified atom stereocenters. The van der Waals surface area contributed by atoms with Gasteiger partial charge in [0.15, 0.2) is 0 Å². The number of nitrogens with zero attached hydrogens (tertiary/aromatic N) is 4. The second kappa shape index (κ2) is 7.02. The van der Waals surface area contributed by atoms with Crippen LogP contribution in [0.4, 0.5) is 11.5 Å². The maximum atomic E-state index is 12.7. The smallest absolute Gasteiger partial charge is 0.276 e. The van der Waals surface area contributed by atoms with Crippen molar-refractivity contribution in [3.63, 3.8) is 0 Å². The SMILES string of the molecule is CCN(CC)c1cc(C(=O)N(C)c2ccccc2)nc(C)n1. The van der Waals surface area contributed by atoms with Crippen LogP contribution in [0.2, 0.25) is 0 Å². The second-order valence-corrected chi connectivity index (χ2v) is 5.03. The third-order valence-electron chi connectivity index (χ3n) is 3.58. The van der Waals surface area contributed by atoms with Crippen molar-refractivity contribution in [1.82, 2.24) is 9.97 Å². The molecule has 1 aromatic heterocycles. The van der Waals surface area contributed by atoms with E-state index < -0.39 is 0 Å². The summed E-state index contributed by atoms with van der Waals surface area (Å²) in [6, 6.07) is 11.3. The third-order valence-corrected chi connectivity index (χ3v) is 3.58. The summed E-state index contributed by atoms with van der Waals surface area (Å²) in [4.78, 5) is 25.1. The van der Waals surface area contributed by atoms with E-state index in [0.717, 1.165) is 24.6 Å². The molecule has 22 heavy (non-hydrogen) atoms. The molecule has 116 valence electrons. The molecule has 0 radical (unpaired) electrons. The number of rotatable bonds is 5. The molecule has 0 fully saturated rings. The lowest BCUT2D eigenvalue weighted by molar-refractivity contribution is 0.0988. The average Bonchev–Trinajstić information content (AvgIpc) is 2.55. The number of aromatic nitrogens is 2. The van der Waals surface area contributed by atoms with Crippen molar-refractivity contribution in [2.24, 2.45) is 0 Å². The summed E-state index contributed by atoms with van der Waals surface area (Å²) in [6.07, 6.45) is 0. The van der Waals surface area contributed by atoms with Crippen molar-refractivity contribution in [2.45, 2.75) is 20.8 Å². The molecule has 2 aromatic rings. The molecule has 2 rings (SSSR count). The predicted molar refractivity (Wildman–Crippen MR) is 89.5 cm³/mol. The monoisotopic (exact) mass is 298 g/mol. The zero-order chi connectivity index (χ0) is 16.1. The van der Waals surface area contributed by atoms with Gasteiger partial charge in [-0.1, -0.05) is 18.2 Å². The van der Waals surface area contributed by atoms with E-state index in [-0.39, 0.29) is 5.91 Å². The van der Waals surface area contributed by atoms with E-state index in [1.165, 1.54) is 0 Å². The largest absolute Gasteiger partial charge is 0.357 e. The number of anilines is 2. The van der Waals surface area contributed by atoms with E-state index >= 15 is 0 Å². The first-order valence-electron chi connectivity index (χ1n) is 7.50. The lowest BCUT2D eigenvalue weighted by Gasteiger charge is -2.22. The lowest BCUT2D eigenvalue weighted by Crippen LogP contribution is -2.29. The number of carbonyl (C=O) groups excluding carboxylic acids is 1. The fourth-order valence-electron chi connectivity index (χ4n) is 2.31. The van der Waals surface area contributed by atoms with E-state index in [4.69, 9.17) is 0 Å².